The zero-order valence-electron chi connectivity index (χ0n) is 23.6. The van der Waals surface area contributed by atoms with Crippen molar-refractivity contribution in [2.24, 2.45) is 9.98 Å². The topological polar surface area (TPSA) is 118 Å². The van der Waals surface area contributed by atoms with Crippen LogP contribution < -0.4 is 5.32 Å². The van der Waals surface area contributed by atoms with Crippen molar-refractivity contribution in [1.82, 2.24) is 19.7 Å². The minimum absolute atomic E-state index is 0.0533. The van der Waals surface area contributed by atoms with Gasteiger partial charge in [0.05, 0.1) is 43.3 Å². The summed E-state index contributed by atoms with van der Waals surface area (Å²) in [6, 6.07) is 5.65. The van der Waals surface area contributed by atoms with E-state index in [2.05, 4.69) is 38.3 Å². The second-order valence-corrected chi connectivity index (χ2v) is 10.1. The Labute approximate surface area is 235 Å². The predicted octanol–water partition coefficient (Wildman–Crippen LogP) is 2.95. The van der Waals surface area contributed by atoms with Crippen molar-refractivity contribution in [2.75, 3.05) is 77.5 Å². The Kier molecular flexibility index (Phi) is 10.2. The number of carbonyl (C=O) groups excluding carboxylic acids is 1. The van der Waals surface area contributed by atoms with Gasteiger partial charge in [-0.05, 0) is 38.5 Å². The number of carbonyl (C=O) groups is 1. The van der Waals surface area contributed by atoms with E-state index in [1.54, 1.807) is 17.0 Å². The molecule has 0 radical (unpaired) electrons. The molecule has 40 heavy (non-hydrogen) atoms. The number of aromatic amines is 1. The molecule has 0 bridgehead atoms. The van der Waals surface area contributed by atoms with Crippen LogP contribution in [0, 0.1) is 6.92 Å². The first-order valence-electron chi connectivity index (χ1n) is 13.8. The molecule has 2 saturated heterocycles. The first kappa shape index (κ1) is 29.2. The minimum atomic E-state index is -0.0533. The number of rotatable bonds is 9. The van der Waals surface area contributed by atoms with Crippen LogP contribution in [0.2, 0.25) is 0 Å². The summed E-state index contributed by atoms with van der Waals surface area (Å²) in [5.41, 5.74) is 3.22. The maximum Gasteiger partial charge on any atom is 0.318 e. The summed E-state index contributed by atoms with van der Waals surface area (Å²) in [6.07, 6.45) is 2.19. The molecule has 0 saturated carbocycles. The number of hydrogen-bond donors (Lipinski definition) is 3. The van der Waals surface area contributed by atoms with Gasteiger partial charge in [0.25, 0.3) is 0 Å². The number of amides is 1. The normalized spacial score (nSPS) is 17.2. The maximum atomic E-state index is 11.9. The zero-order valence-corrected chi connectivity index (χ0v) is 23.6. The van der Waals surface area contributed by atoms with Crippen molar-refractivity contribution in [1.29, 1.82) is 0 Å². The lowest BCUT2D eigenvalue weighted by Gasteiger charge is -2.35. The Balaban J connectivity index is 1.41. The van der Waals surface area contributed by atoms with Gasteiger partial charge in [-0.1, -0.05) is 13.2 Å². The number of phenols is 1. The van der Waals surface area contributed by atoms with Crippen LogP contribution in [0.4, 0.5) is 5.69 Å². The molecular weight excluding hydrogens is 510 g/mol. The molecule has 2 aliphatic rings. The van der Waals surface area contributed by atoms with Gasteiger partial charge in [-0.3, -0.25) is 9.69 Å². The number of aromatic nitrogens is 1. The number of piperazine rings is 1. The summed E-state index contributed by atoms with van der Waals surface area (Å²) in [7, 11) is 0. The Bertz CT molecular complexity index is 1250. The number of hydrogen-bond acceptors (Lipinski definition) is 7. The van der Waals surface area contributed by atoms with Crippen molar-refractivity contribution in [2.45, 2.75) is 20.3 Å². The van der Waals surface area contributed by atoms with Crippen molar-refractivity contribution < 1.29 is 19.4 Å². The van der Waals surface area contributed by atoms with Crippen molar-refractivity contribution >= 4 is 34.4 Å². The summed E-state index contributed by atoms with van der Waals surface area (Å²) in [5.74, 6) is 0.903. The van der Waals surface area contributed by atoms with Crippen LogP contribution >= 0.6 is 0 Å². The number of morpholine rings is 1. The smallest absolute Gasteiger partial charge is 0.318 e. The Morgan fingerprint density at radius 2 is 1.88 bits per heavy atom. The molecule has 4 rings (SSSR count). The molecule has 3 heterocycles. The van der Waals surface area contributed by atoms with E-state index in [-0.39, 0.29) is 17.7 Å². The maximum absolute atomic E-state index is 11.9. The first-order valence-corrected chi connectivity index (χ1v) is 13.8. The monoisotopic (exact) mass is 551 g/mol. The van der Waals surface area contributed by atoms with Crippen LogP contribution in [0.1, 0.15) is 19.0 Å². The molecule has 1 aromatic heterocycles. The highest BCUT2D eigenvalue weighted by molar-refractivity contribution is 5.94. The molecule has 2 aromatic rings. The molecule has 0 aliphatic carbocycles. The lowest BCUT2D eigenvalue weighted by Crippen LogP contribution is -2.49. The number of anilines is 1. The summed E-state index contributed by atoms with van der Waals surface area (Å²) in [5, 5.41) is 14.4. The van der Waals surface area contributed by atoms with Gasteiger partial charge in [-0.15, -0.1) is 0 Å². The Morgan fingerprint density at radius 1 is 1.15 bits per heavy atom. The number of nitrogens with zero attached hydrogens (tertiary/aromatic N) is 5. The third-order valence-electron chi connectivity index (χ3n) is 7.02. The van der Waals surface area contributed by atoms with Gasteiger partial charge in [-0.25, -0.2) is 0 Å². The molecule has 2 fully saturated rings. The number of aromatic hydroxyl groups is 1. The Hall–Kier alpha value is -3.83. The van der Waals surface area contributed by atoms with E-state index in [1.807, 2.05) is 19.9 Å². The highest BCUT2D eigenvalue weighted by atomic mass is 16.5. The molecule has 0 spiro atoms. The molecule has 1 aromatic carbocycles. The average Bonchev–Trinajstić information content (AvgIpc) is 3.34. The van der Waals surface area contributed by atoms with E-state index in [1.165, 1.54) is 6.08 Å². The van der Waals surface area contributed by atoms with E-state index in [0.717, 1.165) is 67.4 Å². The van der Waals surface area contributed by atoms with Crippen LogP contribution in [-0.4, -0.2) is 115 Å². The van der Waals surface area contributed by atoms with E-state index >= 15 is 0 Å². The molecule has 0 unspecified atom stereocenters. The number of fused-ring (bicyclic) bond motifs is 1. The number of aryl methyl sites for hydroxylation is 1. The van der Waals surface area contributed by atoms with Crippen LogP contribution in [0.25, 0.3) is 10.9 Å². The third-order valence-corrected chi connectivity index (χ3v) is 7.02. The van der Waals surface area contributed by atoms with Gasteiger partial charge in [0.15, 0.2) is 0 Å². The van der Waals surface area contributed by atoms with Gasteiger partial charge >= 0.3 is 6.02 Å². The number of aliphatic imine (C=N–C) groups is 2. The van der Waals surface area contributed by atoms with Gasteiger partial charge < -0.3 is 34.7 Å². The predicted molar refractivity (Wildman–Crippen MR) is 159 cm³/mol. The summed E-state index contributed by atoms with van der Waals surface area (Å²) in [4.78, 5) is 30.9. The van der Waals surface area contributed by atoms with Crippen LogP contribution in [0.15, 0.2) is 53.1 Å². The SMILES string of the molecule is C=CC(=O)N1CCN(/C(C)=N/C(=NC(=C)CNc2cc(O)cc3cc(C)[nH]c23)OCCCN2CCOCC2)CC1. The highest BCUT2D eigenvalue weighted by Gasteiger charge is 2.20. The minimum Gasteiger partial charge on any atom is -0.508 e. The number of amidine groups is 2. The van der Waals surface area contributed by atoms with Crippen LogP contribution in [-0.2, 0) is 14.3 Å². The number of phenolic OH excluding ortho intramolecular Hbond substituents is 1. The second kappa shape index (κ2) is 14.0. The molecule has 11 heteroatoms. The highest BCUT2D eigenvalue weighted by Crippen LogP contribution is 2.29. The largest absolute Gasteiger partial charge is 0.508 e. The molecular formula is C29H41N7O4. The van der Waals surface area contributed by atoms with Crippen LogP contribution in [0.5, 0.6) is 5.75 Å². The fourth-order valence-corrected chi connectivity index (χ4v) is 4.83. The molecule has 0 atom stereocenters. The summed E-state index contributed by atoms with van der Waals surface area (Å²) < 4.78 is 11.5. The lowest BCUT2D eigenvalue weighted by molar-refractivity contribution is -0.127. The molecule has 2 aliphatic heterocycles. The fraction of sp³-hybridized carbons (Fsp3) is 0.483. The zero-order chi connectivity index (χ0) is 28.5. The third kappa shape index (κ3) is 8.09. The fourth-order valence-electron chi connectivity index (χ4n) is 4.83. The van der Waals surface area contributed by atoms with Crippen molar-refractivity contribution in [3.63, 3.8) is 0 Å². The molecule has 1 amide bonds. The standard InChI is InChI=1S/C29H41N7O4/c1-5-27(38)36-10-8-35(9-11-36)23(4)33-29(40-14-6-7-34-12-15-39-16-13-34)32-22(3)20-30-26-19-25(37)18-24-17-21(2)31-28(24)26/h5,17-19,30-31,37H,1,3,6-16,20H2,2,4H3/b32-29?,33-23+. The van der Waals surface area contributed by atoms with E-state index in [4.69, 9.17) is 14.5 Å². The van der Waals surface area contributed by atoms with Crippen molar-refractivity contribution in [3.8, 4) is 5.75 Å². The first-order chi connectivity index (χ1) is 19.3. The van der Waals surface area contributed by atoms with Gasteiger partial charge in [-0.2, -0.15) is 9.98 Å². The molecule has 3 N–H and O–H groups in total. The molecule has 11 nitrogen and oxygen atoms in total. The van der Waals surface area contributed by atoms with Crippen LogP contribution in [0.3, 0.4) is 0 Å². The van der Waals surface area contributed by atoms with Gasteiger partial charge in [0.2, 0.25) is 5.91 Å². The quantitative estimate of drug-likeness (QED) is 0.190. The van der Waals surface area contributed by atoms with E-state index < -0.39 is 0 Å². The lowest BCUT2D eigenvalue weighted by atomic mass is 10.2. The van der Waals surface area contributed by atoms with Gasteiger partial charge in [0, 0.05) is 63.0 Å². The molecule has 216 valence electrons. The summed E-state index contributed by atoms with van der Waals surface area (Å²) >= 11 is 0. The number of nitrogens with one attached hydrogen (secondary N) is 2. The average molecular weight is 552 g/mol. The summed E-state index contributed by atoms with van der Waals surface area (Å²) in [6.45, 7) is 19.3. The number of benzene rings is 1. The Morgan fingerprint density at radius 3 is 2.60 bits per heavy atom. The van der Waals surface area contributed by atoms with Crippen molar-refractivity contribution in [3.05, 3.63) is 48.8 Å². The van der Waals surface area contributed by atoms with E-state index in [0.29, 0.717) is 45.0 Å². The van der Waals surface area contributed by atoms with Gasteiger partial charge in [0.1, 0.15) is 11.6 Å². The van der Waals surface area contributed by atoms with E-state index in [9.17, 15) is 9.90 Å². The number of ether oxygens (including phenoxy) is 2. The number of H-pyrrole nitrogens is 1. The second-order valence-electron chi connectivity index (χ2n) is 10.1.